The van der Waals surface area contributed by atoms with Gasteiger partial charge in [0.05, 0.1) is 0 Å². The van der Waals surface area contributed by atoms with E-state index in [-0.39, 0.29) is 17.7 Å². The zero-order valence-corrected chi connectivity index (χ0v) is 15.6. The summed E-state index contributed by atoms with van der Waals surface area (Å²) in [7, 11) is 0. The number of hydrogen-bond donors (Lipinski definition) is 2. The number of hydrogen-bond acceptors (Lipinski definition) is 3. The minimum atomic E-state index is -0.230. The second-order valence-electron chi connectivity index (χ2n) is 7.33. The number of amides is 3. The van der Waals surface area contributed by atoms with Crippen LogP contribution in [0.4, 0.5) is 11.4 Å². The topological polar surface area (TPSA) is 78.5 Å². The van der Waals surface area contributed by atoms with Crippen LogP contribution in [0.15, 0.2) is 48.5 Å². The van der Waals surface area contributed by atoms with E-state index in [1.165, 1.54) is 0 Å². The van der Waals surface area contributed by atoms with Crippen molar-refractivity contribution in [3.8, 4) is 0 Å². The molecule has 1 aliphatic carbocycles. The molecule has 6 heteroatoms. The van der Waals surface area contributed by atoms with Crippen LogP contribution in [0.2, 0.25) is 0 Å². The lowest BCUT2D eigenvalue weighted by Gasteiger charge is -2.26. The Morgan fingerprint density at radius 1 is 0.857 bits per heavy atom. The second-order valence-corrected chi connectivity index (χ2v) is 7.33. The van der Waals surface area contributed by atoms with Crippen molar-refractivity contribution >= 4 is 29.1 Å². The smallest absolute Gasteiger partial charge is 0.255 e. The SMILES string of the molecule is O=C(Nc1ccc(C(=O)NC2CC2)cc1)c1ccc(N2CCCCC2=O)cc1. The fourth-order valence-corrected chi connectivity index (χ4v) is 3.28. The summed E-state index contributed by atoms with van der Waals surface area (Å²) in [5.41, 5.74) is 2.56. The fraction of sp³-hybridized carbons (Fsp3) is 0.318. The predicted molar refractivity (Wildman–Crippen MR) is 108 cm³/mol. The van der Waals surface area contributed by atoms with E-state index in [0.717, 1.165) is 37.9 Å². The first kappa shape index (κ1) is 18.2. The molecule has 28 heavy (non-hydrogen) atoms. The highest BCUT2D eigenvalue weighted by Gasteiger charge is 2.23. The molecule has 1 saturated heterocycles. The van der Waals surface area contributed by atoms with Gasteiger partial charge in [-0.3, -0.25) is 14.4 Å². The van der Waals surface area contributed by atoms with Gasteiger partial charge in [-0.1, -0.05) is 0 Å². The van der Waals surface area contributed by atoms with Crippen molar-refractivity contribution in [2.24, 2.45) is 0 Å². The number of anilines is 2. The van der Waals surface area contributed by atoms with Crippen molar-refractivity contribution < 1.29 is 14.4 Å². The monoisotopic (exact) mass is 377 g/mol. The van der Waals surface area contributed by atoms with Gasteiger partial charge in [0, 0.05) is 41.5 Å². The summed E-state index contributed by atoms with van der Waals surface area (Å²) in [6, 6.07) is 14.2. The molecule has 1 aliphatic heterocycles. The molecular weight excluding hydrogens is 354 g/mol. The highest BCUT2D eigenvalue weighted by molar-refractivity contribution is 6.05. The summed E-state index contributed by atoms with van der Waals surface area (Å²) in [4.78, 5) is 38.3. The minimum absolute atomic E-state index is 0.0803. The van der Waals surface area contributed by atoms with Gasteiger partial charge in [0.15, 0.2) is 0 Å². The number of nitrogens with zero attached hydrogens (tertiary/aromatic N) is 1. The van der Waals surface area contributed by atoms with E-state index < -0.39 is 0 Å². The van der Waals surface area contributed by atoms with Crippen LogP contribution in [-0.4, -0.2) is 30.3 Å². The third-order valence-corrected chi connectivity index (χ3v) is 5.08. The van der Waals surface area contributed by atoms with Crippen LogP contribution in [0.5, 0.6) is 0 Å². The van der Waals surface area contributed by atoms with E-state index in [4.69, 9.17) is 0 Å². The van der Waals surface area contributed by atoms with Crippen molar-refractivity contribution in [3.63, 3.8) is 0 Å². The molecule has 3 amide bonds. The summed E-state index contributed by atoms with van der Waals surface area (Å²) in [6.07, 6.45) is 4.62. The van der Waals surface area contributed by atoms with Gasteiger partial charge in [0.25, 0.3) is 11.8 Å². The third kappa shape index (κ3) is 4.22. The Bertz CT molecular complexity index is 886. The predicted octanol–water partition coefficient (Wildman–Crippen LogP) is 3.35. The Labute approximate surface area is 163 Å². The van der Waals surface area contributed by atoms with E-state index in [2.05, 4.69) is 10.6 Å². The number of nitrogens with one attached hydrogen (secondary N) is 2. The average molecular weight is 377 g/mol. The van der Waals surface area contributed by atoms with E-state index in [1.54, 1.807) is 41.3 Å². The molecule has 2 aromatic carbocycles. The second kappa shape index (κ2) is 7.84. The lowest BCUT2D eigenvalue weighted by molar-refractivity contribution is -0.119. The molecule has 0 atom stereocenters. The lowest BCUT2D eigenvalue weighted by atomic mass is 10.1. The van der Waals surface area contributed by atoms with Crippen molar-refractivity contribution in [1.29, 1.82) is 0 Å². The molecule has 144 valence electrons. The van der Waals surface area contributed by atoms with Gasteiger partial charge in [-0.2, -0.15) is 0 Å². The zero-order chi connectivity index (χ0) is 19.5. The molecule has 6 nitrogen and oxygen atoms in total. The van der Waals surface area contributed by atoms with Crippen LogP contribution >= 0.6 is 0 Å². The van der Waals surface area contributed by atoms with E-state index in [0.29, 0.717) is 29.3 Å². The summed E-state index contributed by atoms with van der Waals surface area (Å²) in [5, 5.41) is 5.77. The zero-order valence-electron chi connectivity index (χ0n) is 15.6. The Balaban J connectivity index is 1.37. The van der Waals surface area contributed by atoms with Gasteiger partial charge in [-0.15, -0.1) is 0 Å². The highest BCUT2D eigenvalue weighted by atomic mass is 16.2. The minimum Gasteiger partial charge on any atom is -0.349 e. The van der Waals surface area contributed by atoms with Crippen LogP contribution < -0.4 is 15.5 Å². The Kier molecular flexibility index (Phi) is 5.10. The highest BCUT2D eigenvalue weighted by Crippen LogP contribution is 2.22. The van der Waals surface area contributed by atoms with Gasteiger partial charge in [0.1, 0.15) is 0 Å². The molecule has 1 saturated carbocycles. The largest absolute Gasteiger partial charge is 0.349 e. The first-order chi connectivity index (χ1) is 13.6. The van der Waals surface area contributed by atoms with Crippen molar-refractivity contribution in [2.45, 2.75) is 38.1 Å². The van der Waals surface area contributed by atoms with Gasteiger partial charge in [-0.25, -0.2) is 0 Å². The molecule has 0 aromatic heterocycles. The molecule has 0 spiro atoms. The molecule has 1 heterocycles. The number of benzene rings is 2. The summed E-state index contributed by atoms with van der Waals surface area (Å²) in [6.45, 7) is 0.727. The van der Waals surface area contributed by atoms with Crippen LogP contribution in [-0.2, 0) is 4.79 Å². The maximum absolute atomic E-state index is 12.5. The lowest BCUT2D eigenvalue weighted by Crippen LogP contribution is -2.35. The van der Waals surface area contributed by atoms with Gasteiger partial charge in [-0.05, 0) is 74.2 Å². The van der Waals surface area contributed by atoms with Crippen molar-refractivity contribution in [3.05, 3.63) is 59.7 Å². The van der Waals surface area contributed by atoms with Gasteiger partial charge >= 0.3 is 0 Å². The van der Waals surface area contributed by atoms with E-state index in [9.17, 15) is 14.4 Å². The number of rotatable bonds is 5. The van der Waals surface area contributed by atoms with Crippen LogP contribution in [0.1, 0.15) is 52.8 Å². The molecule has 2 aromatic rings. The average Bonchev–Trinajstić information content (AvgIpc) is 3.53. The normalized spacial score (nSPS) is 16.6. The molecule has 2 aliphatic rings. The van der Waals surface area contributed by atoms with Crippen molar-refractivity contribution in [1.82, 2.24) is 5.32 Å². The Hall–Kier alpha value is -3.15. The molecular formula is C22H23N3O3. The fourth-order valence-electron chi connectivity index (χ4n) is 3.28. The Morgan fingerprint density at radius 3 is 2.14 bits per heavy atom. The molecule has 0 radical (unpaired) electrons. The molecule has 2 N–H and O–H groups in total. The van der Waals surface area contributed by atoms with Crippen LogP contribution in [0.25, 0.3) is 0 Å². The molecule has 0 bridgehead atoms. The first-order valence-electron chi connectivity index (χ1n) is 9.73. The first-order valence-corrected chi connectivity index (χ1v) is 9.73. The Morgan fingerprint density at radius 2 is 1.50 bits per heavy atom. The quantitative estimate of drug-likeness (QED) is 0.839. The van der Waals surface area contributed by atoms with Gasteiger partial charge < -0.3 is 15.5 Å². The number of carbonyl (C=O) groups is 3. The summed E-state index contributed by atoms with van der Waals surface area (Å²) in [5.74, 6) is -0.177. The summed E-state index contributed by atoms with van der Waals surface area (Å²) < 4.78 is 0. The van der Waals surface area contributed by atoms with E-state index in [1.807, 2.05) is 12.1 Å². The summed E-state index contributed by atoms with van der Waals surface area (Å²) >= 11 is 0. The molecule has 4 rings (SSSR count). The van der Waals surface area contributed by atoms with Crippen LogP contribution in [0, 0.1) is 0 Å². The number of carbonyl (C=O) groups excluding carboxylic acids is 3. The molecule has 0 unspecified atom stereocenters. The maximum Gasteiger partial charge on any atom is 0.255 e. The van der Waals surface area contributed by atoms with Crippen molar-refractivity contribution in [2.75, 3.05) is 16.8 Å². The molecule has 2 fully saturated rings. The van der Waals surface area contributed by atoms with Crippen LogP contribution in [0.3, 0.4) is 0 Å². The number of piperidine rings is 1. The van der Waals surface area contributed by atoms with E-state index >= 15 is 0 Å². The van der Waals surface area contributed by atoms with Gasteiger partial charge in [0.2, 0.25) is 5.91 Å². The third-order valence-electron chi connectivity index (χ3n) is 5.08. The standard InChI is InChI=1S/C22H23N3O3/c26-20-3-1-2-14-25(20)19-12-6-16(7-13-19)22(28)23-17-8-4-15(5-9-17)21(27)24-18-10-11-18/h4-9,12-13,18H,1-3,10-11,14H2,(H,23,28)(H,24,27). The maximum atomic E-state index is 12.5.